The Hall–Kier alpha value is -1.12. The minimum absolute atomic E-state index is 0.151. The third-order valence-electron chi connectivity index (χ3n) is 8.36. The van der Waals surface area contributed by atoms with Gasteiger partial charge in [-0.25, -0.2) is 0 Å². The number of aliphatic hydroxyl groups is 1. The summed E-state index contributed by atoms with van der Waals surface area (Å²) in [6, 6.07) is -0.334. The van der Waals surface area contributed by atoms with Gasteiger partial charge in [-0.1, -0.05) is 20.8 Å². The molecule has 6 aliphatic rings. The molecule has 138 valence electrons. The summed E-state index contributed by atoms with van der Waals surface area (Å²) in [5.41, 5.74) is 0.322. The van der Waals surface area contributed by atoms with Crippen LogP contribution in [0.25, 0.3) is 0 Å². The van der Waals surface area contributed by atoms with Gasteiger partial charge in [0.1, 0.15) is 19.1 Å². The van der Waals surface area contributed by atoms with Crippen molar-refractivity contribution < 1.29 is 33.1 Å². The summed E-state index contributed by atoms with van der Waals surface area (Å²) >= 11 is 0. The van der Waals surface area contributed by atoms with Crippen molar-refractivity contribution in [2.75, 3.05) is 19.7 Å². The minimum atomic E-state index is -2.23. The quantitative estimate of drug-likeness (QED) is 0.579. The van der Waals surface area contributed by atoms with Gasteiger partial charge < -0.3 is 23.5 Å². The first kappa shape index (κ1) is 16.1. The van der Waals surface area contributed by atoms with Crippen molar-refractivity contribution in [3.05, 3.63) is 0 Å². The zero-order valence-electron chi connectivity index (χ0n) is 15.0. The Morgan fingerprint density at radius 3 is 2.32 bits per heavy atom. The maximum Gasteiger partial charge on any atom is 0.615 e. The maximum atomic E-state index is 12.3. The average Bonchev–Trinajstić information content (AvgIpc) is 3.20. The molecule has 3 aliphatic heterocycles. The molecule has 6 fully saturated rings. The van der Waals surface area contributed by atoms with Crippen LogP contribution >= 0.6 is 0 Å². The summed E-state index contributed by atoms with van der Waals surface area (Å²) in [5.74, 6) is 0.963. The van der Waals surface area contributed by atoms with Crippen LogP contribution in [-0.2, 0) is 23.6 Å². The van der Waals surface area contributed by atoms with Crippen molar-refractivity contribution in [2.24, 2.45) is 23.2 Å². The molecule has 3 saturated carbocycles. The Kier molecular flexibility index (Phi) is 2.95. The van der Waals surface area contributed by atoms with Gasteiger partial charge in [0.25, 0.3) is 0 Å². The van der Waals surface area contributed by atoms with E-state index in [4.69, 9.17) is 14.0 Å². The standard InChI is InChI=1S/C17H26BNO6/c1-9-11-4-10(17(11,2)3)5-12(9)19-6-14(21)24-18(19,25-15(22)7-19)16-13(8-20)23-16/h9-13,16,20H,4-8H2,1-3H3/t9-,10+,11?,12?,13+,16?,18?,19?/m1/s1. The number of quaternary nitrogens is 1. The number of hydrogen-bond donors (Lipinski definition) is 1. The van der Waals surface area contributed by atoms with E-state index >= 15 is 0 Å². The van der Waals surface area contributed by atoms with Crippen molar-refractivity contribution in [1.29, 1.82) is 0 Å². The van der Waals surface area contributed by atoms with Crippen LogP contribution in [0.1, 0.15) is 33.6 Å². The number of aliphatic hydroxyl groups excluding tert-OH is 1. The first-order valence-corrected chi connectivity index (χ1v) is 9.46. The Bertz CT molecular complexity index is 646. The van der Waals surface area contributed by atoms with Gasteiger partial charge in [0, 0.05) is 5.92 Å². The summed E-state index contributed by atoms with van der Waals surface area (Å²) < 4.78 is 17.3. The molecule has 0 aromatic carbocycles. The average molecular weight is 351 g/mol. The Morgan fingerprint density at radius 1 is 1.20 bits per heavy atom. The molecule has 0 aromatic heterocycles. The molecule has 2 bridgehead atoms. The summed E-state index contributed by atoms with van der Waals surface area (Å²) in [5, 5.41) is 9.45. The molecule has 3 unspecified atom stereocenters. The highest BCUT2D eigenvalue weighted by Gasteiger charge is 2.80. The van der Waals surface area contributed by atoms with E-state index in [2.05, 4.69) is 20.8 Å². The van der Waals surface area contributed by atoms with Crippen LogP contribution in [0.15, 0.2) is 0 Å². The van der Waals surface area contributed by atoms with Crippen LogP contribution in [0.2, 0.25) is 0 Å². The lowest BCUT2D eigenvalue weighted by Crippen LogP contribution is -2.75. The zero-order chi connectivity index (χ0) is 17.8. The van der Waals surface area contributed by atoms with Gasteiger partial charge in [-0.05, 0) is 30.1 Å². The van der Waals surface area contributed by atoms with Gasteiger partial charge in [-0.3, -0.25) is 9.59 Å². The second-order valence-corrected chi connectivity index (χ2v) is 9.47. The van der Waals surface area contributed by atoms with Crippen LogP contribution < -0.4 is 0 Å². The molecule has 3 saturated heterocycles. The van der Waals surface area contributed by atoms with Gasteiger partial charge in [0.05, 0.1) is 18.8 Å². The third kappa shape index (κ3) is 1.73. The molecule has 6 rings (SSSR count). The van der Waals surface area contributed by atoms with Crippen molar-refractivity contribution in [2.45, 2.75) is 51.8 Å². The predicted molar refractivity (Wildman–Crippen MR) is 86.6 cm³/mol. The fourth-order valence-electron chi connectivity index (χ4n) is 6.88. The lowest BCUT2D eigenvalue weighted by Gasteiger charge is -2.66. The molecule has 3 aliphatic carbocycles. The number of fused-ring (bicyclic) bond motifs is 4. The lowest BCUT2D eigenvalue weighted by molar-refractivity contribution is -0.852. The molecule has 1 N–H and O–H groups in total. The molecule has 25 heavy (non-hydrogen) atoms. The van der Waals surface area contributed by atoms with Crippen LogP contribution in [0.4, 0.5) is 0 Å². The second-order valence-electron chi connectivity index (χ2n) is 9.47. The molecular formula is C17H26BNO6. The number of ether oxygens (including phenoxy) is 1. The van der Waals surface area contributed by atoms with Crippen molar-refractivity contribution in [3.8, 4) is 0 Å². The van der Waals surface area contributed by atoms with E-state index < -0.39 is 18.8 Å². The Labute approximate surface area is 147 Å². The fourth-order valence-corrected chi connectivity index (χ4v) is 6.88. The summed E-state index contributed by atoms with van der Waals surface area (Å²) in [6.45, 7) is 4.90. The van der Waals surface area contributed by atoms with Gasteiger partial charge >= 0.3 is 18.6 Å². The van der Waals surface area contributed by atoms with Crippen molar-refractivity contribution in [3.63, 3.8) is 0 Å². The van der Waals surface area contributed by atoms with E-state index in [1.807, 2.05) is 0 Å². The van der Waals surface area contributed by atoms with E-state index in [0.717, 1.165) is 6.42 Å². The zero-order valence-corrected chi connectivity index (χ0v) is 15.0. The lowest BCUT2D eigenvalue weighted by atomic mass is 9.43. The largest absolute Gasteiger partial charge is 0.615 e. The normalized spacial score (nSPS) is 55.2. The molecule has 0 amide bonds. The molecule has 8 heteroatoms. The van der Waals surface area contributed by atoms with E-state index in [1.165, 1.54) is 6.42 Å². The topological polar surface area (TPSA) is 85.4 Å². The fraction of sp³-hybridized carbons (Fsp3) is 0.882. The number of epoxide rings is 1. The highest BCUT2D eigenvalue weighted by Crippen LogP contribution is 2.64. The smallest absolute Gasteiger partial charge is 0.598 e. The molecule has 3 heterocycles. The molecule has 0 radical (unpaired) electrons. The van der Waals surface area contributed by atoms with E-state index in [-0.39, 0.29) is 42.1 Å². The first-order valence-electron chi connectivity index (χ1n) is 9.46. The number of hydrogen-bond acceptors (Lipinski definition) is 6. The highest BCUT2D eigenvalue weighted by molar-refractivity contribution is 6.68. The molecular weight excluding hydrogens is 325 g/mol. The van der Waals surface area contributed by atoms with E-state index in [9.17, 15) is 14.7 Å². The number of rotatable bonds is 3. The number of nitrogens with zero attached hydrogens (tertiary/aromatic N) is 1. The van der Waals surface area contributed by atoms with Crippen LogP contribution in [-0.4, -0.2) is 66.0 Å². The van der Waals surface area contributed by atoms with E-state index in [0.29, 0.717) is 23.2 Å². The minimum Gasteiger partial charge on any atom is -0.598 e. The third-order valence-corrected chi connectivity index (χ3v) is 8.36. The van der Waals surface area contributed by atoms with Crippen LogP contribution in [0, 0.1) is 23.2 Å². The number of carbonyl (C=O) groups excluding carboxylic acids is 2. The second kappa shape index (κ2) is 4.59. The van der Waals surface area contributed by atoms with Crippen molar-refractivity contribution >= 4 is 18.6 Å². The summed E-state index contributed by atoms with van der Waals surface area (Å²) in [7, 11) is 0. The van der Waals surface area contributed by atoms with Crippen LogP contribution in [0.5, 0.6) is 0 Å². The van der Waals surface area contributed by atoms with Gasteiger partial charge in [0.15, 0.2) is 0 Å². The van der Waals surface area contributed by atoms with Gasteiger partial charge in [0.2, 0.25) is 0 Å². The molecule has 0 spiro atoms. The van der Waals surface area contributed by atoms with Gasteiger partial charge in [-0.2, -0.15) is 0 Å². The van der Waals surface area contributed by atoms with Crippen molar-refractivity contribution in [1.82, 2.24) is 0 Å². The Morgan fingerprint density at radius 2 is 1.84 bits per heavy atom. The molecule has 6 atom stereocenters. The van der Waals surface area contributed by atoms with Crippen LogP contribution in [0.3, 0.4) is 0 Å². The maximum absolute atomic E-state index is 12.3. The first-order chi connectivity index (χ1) is 11.7. The van der Waals surface area contributed by atoms with E-state index in [1.54, 1.807) is 0 Å². The molecule has 0 aromatic rings. The summed E-state index contributed by atoms with van der Waals surface area (Å²) in [6.07, 6.45) is 1.81. The number of carbonyl (C=O) groups is 2. The Balaban J connectivity index is 1.56. The predicted octanol–water partition coefficient (Wildman–Crippen LogP) is 0.225. The highest BCUT2D eigenvalue weighted by atomic mass is 16.7. The summed E-state index contributed by atoms with van der Waals surface area (Å²) in [4.78, 5) is 24.7. The SMILES string of the molecule is C[C@@H]1C2C[C@@H](CC1[N+]13CC(=O)O[B-]1(C1O[C@H]1CO)OC(=O)C3)C2(C)C. The van der Waals surface area contributed by atoms with Gasteiger partial charge in [-0.15, -0.1) is 0 Å². The molecule has 7 nitrogen and oxygen atoms in total. The monoisotopic (exact) mass is 351 g/mol.